The molecule has 0 unspecified atom stereocenters. The van der Waals surface area contributed by atoms with Gasteiger partial charge in [-0.2, -0.15) is 0 Å². The average Bonchev–Trinajstić information content (AvgIpc) is 2.96. The molecule has 5 N–H and O–H groups in total. The maximum absolute atomic E-state index is 12.0. The molecule has 1 fully saturated rings. The van der Waals surface area contributed by atoms with E-state index in [1.807, 2.05) is 0 Å². The number of aliphatic carboxylic acids is 1. The average molecular weight is 349 g/mol. The summed E-state index contributed by atoms with van der Waals surface area (Å²) in [6.45, 7) is 0.696. The number of sulfone groups is 1. The van der Waals surface area contributed by atoms with Crippen LogP contribution in [0.15, 0.2) is 0 Å². The molecule has 10 heteroatoms. The number of primary amides is 1. The third-order valence-corrected chi connectivity index (χ3v) is 5.31. The van der Waals surface area contributed by atoms with Crippen molar-refractivity contribution in [1.82, 2.24) is 10.6 Å². The van der Waals surface area contributed by atoms with Crippen molar-refractivity contribution in [2.24, 2.45) is 5.73 Å². The lowest BCUT2D eigenvalue weighted by molar-refractivity contribution is -0.137. The number of nitrogens with one attached hydrogen (secondary N) is 2. The van der Waals surface area contributed by atoms with E-state index in [4.69, 9.17) is 10.8 Å². The Balaban J connectivity index is 2.51. The highest BCUT2D eigenvalue weighted by atomic mass is 32.2. The van der Waals surface area contributed by atoms with Gasteiger partial charge in [-0.15, -0.1) is 0 Å². The van der Waals surface area contributed by atoms with Gasteiger partial charge in [-0.25, -0.2) is 8.42 Å². The summed E-state index contributed by atoms with van der Waals surface area (Å²) in [7, 11) is -3.62. The van der Waals surface area contributed by atoms with E-state index in [0.717, 1.165) is 6.42 Å². The molecule has 2 atom stereocenters. The van der Waals surface area contributed by atoms with Crippen molar-refractivity contribution in [2.45, 2.75) is 44.2 Å². The maximum atomic E-state index is 12.0. The van der Waals surface area contributed by atoms with Gasteiger partial charge in [0.25, 0.3) is 0 Å². The molecule has 2 amide bonds. The number of unbranched alkanes of at least 4 members (excludes halogenated alkanes) is 1. The quantitative estimate of drug-likeness (QED) is 0.345. The van der Waals surface area contributed by atoms with Gasteiger partial charge in [0.2, 0.25) is 11.8 Å². The number of carbonyl (C=O) groups excluding carboxylic acids is 2. The van der Waals surface area contributed by atoms with Crippen molar-refractivity contribution in [3.63, 3.8) is 0 Å². The van der Waals surface area contributed by atoms with E-state index in [-0.39, 0.29) is 25.0 Å². The van der Waals surface area contributed by atoms with E-state index in [0.29, 0.717) is 13.0 Å². The predicted molar refractivity (Wildman–Crippen MR) is 82.3 cm³/mol. The van der Waals surface area contributed by atoms with Gasteiger partial charge in [0.05, 0.1) is 17.5 Å². The van der Waals surface area contributed by atoms with Crippen molar-refractivity contribution < 1.29 is 27.9 Å². The Bertz CT molecular complexity index is 542. The van der Waals surface area contributed by atoms with Gasteiger partial charge in [-0.3, -0.25) is 14.4 Å². The van der Waals surface area contributed by atoms with Crippen molar-refractivity contribution in [2.75, 3.05) is 18.1 Å². The van der Waals surface area contributed by atoms with Gasteiger partial charge in [-0.05, 0) is 32.2 Å². The number of carbonyl (C=O) groups is 3. The van der Waals surface area contributed by atoms with Gasteiger partial charge >= 0.3 is 5.97 Å². The minimum absolute atomic E-state index is 0.112. The number of rotatable bonds is 10. The van der Waals surface area contributed by atoms with E-state index in [9.17, 15) is 22.8 Å². The molecular formula is C13H23N3O6S. The van der Waals surface area contributed by atoms with Crippen LogP contribution in [0.4, 0.5) is 0 Å². The van der Waals surface area contributed by atoms with Gasteiger partial charge in [0, 0.05) is 6.42 Å². The van der Waals surface area contributed by atoms with Gasteiger partial charge in [0.15, 0.2) is 9.84 Å². The normalized spacial score (nSPS) is 19.2. The fraction of sp³-hybridized carbons (Fsp3) is 0.769. The van der Waals surface area contributed by atoms with E-state index < -0.39 is 45.5 Å². The highest BCUT2D eigenvalue weighted by molar-refractivity contribution is 7.91. The van der Waals surface area contributed by atoms with E-state index in [2.05, 4.69) is 10.6 Å². The van der Waals surface area contributed by atoms with Crippen LogP contribution in [-0.4, -0.2) is 61.4 Å². The molecule has 9 nitrogen and oxygen atoms in total. The third kappa shape index (κ3) is 7.42. The van der Waals surface area contributed by atoms with Crippen LogP contribution in [0.25, 0.3) is 0 Å². The molecule has 0 aromatic heterocycles. The molecule has 23 heavy (non-hydrogen) atoms. The zero-order valence-corrected chi connectivity index (χ0v) is 13.6. The second-order valence-corrected chi connectivity index (χ2v) is 7.81. The number of amides is 2. The maximum Gasteiger partial charge on any atom is 0.303 e. The number of carboxylic acid groups (broad SMARTS) is 1. The minimum Gasteiger partial charge on any atom is -0.481 e. The first-order valence-corrected chi connectivity index (χ1v) is 9.29. The highest BCUT2D eigenvalue weighted by Crippen LogP contribution is 2.07. The van der Waals surface area contributed by atoms with Crippen molar-refractivity contribution >= 4 is 27.6 Å². The number of carboxylic acids is 1. The summed E-state index contributed by atoms with van der Waals surface area (Å²) >= 11 is 0. The molecule has 1 saturated heterocycles. The summed E-state index contributed by atoms with van der Waals surface area (Å²) in [6, 6.07) is -1.72. The summed E-state index contributed by atoms with van der Waals surface area (Å²) in [4.78, 5) is 33.7. The first kappa shape index (κ1) is 19.4. The lowest BCUT2D eigenvalue weighted by Crippen LogP contribution is -2.53. The Kier molecular flexibility index (Phi) is 7.43. The molecule has 1 heterocycles. The zero-order valence-electron chi connectivity index (χ0n) is 12.8. The van der Waals surface area contributed by atoms with Crippen LogP contribution in [0.3, 0.4) is 0 Å². The monoisotopic (exact) mass is 349 g/mol. The van der Waals surface area contributed by atoms with Crippen LogP contribution < -0.4 is 16.4 Å². The smallest absolute Gasteiger partial charge is 0.303 e. The summed E-state index contributed by atoms with van der Waals surface area (Å²) < 4.78 is 23.9. The first-order chi connectivity index (χ1) is 10.7. The van der Waals surface area contributed by atoms with Crippen LogP contribution in [0.1, 0.15) is 32.1 Å². The summed E-state index contributed by atoms with van der Waals surface area (Å²) in [5, 5.41) is 13.8. The Hall–Kier alpha value is -1.68. The fourth-order valence-corrected chi connectivity index (χ4v) is 3.88. The second kappa shape index (κ2) is 8.82. The van der Waals surface area contributed by atoms with Crippen molar-refractivity contribution in [3.8, 4) is 0 Å². The molecule has 1 aliphatic heterocycles. The molecule has 1 rings (SSSR count). The summed E-state index contributed by atoms with van der Waals surface area (Å²) in [5.74, 6) is -3.17. The molecule has 0 aromatic carbocycles. The van der Waals surface area contributed by atoms with E-state index in [1.54, 1.807) is 0 Å². The molecule has 0 spiro atoms. The molecule has 0 bridgehead atoms. The molecule has 0 saturated carbocycles. The fourth-order valence-electron chi connectivity index (χ4n) is 2.31. The first-order valence-electron chi connectivity index (χ1n) is 7.46. The summed E-state index contributed by atoms with van der Waals surface area (Å²) in [6.07, 6.45) is 1.76. The van der Waals surface area contributed by atoms with E-state index in [1.165, 1.54) is 0 Å². The SMILES string of the molecule is NC(=O)[C@H](CS(=O)(=O)CCCCC(=O)O)NC(=O)[C@H]1CCCN1. The summed E-state index contributed by atoms with van der Waals surface area (Å²) in [5.41, 5.74) is 5.17. The Labute approximate surface area is 134 Å². The molecular weight excluding hydrogens is 326 g/mol. The Morgan fingerprint density at radius 1 is 1.30 bits per heavy atom. The van der Waals surface area contributed by atoms with Gasteiger partial charge < -0.3 is 21.5 Å². The molecule has 0 aliphatic carbocycles. The standard InChI is InChI=1S/C13H23N3O6S/c14-12(19)10(16-13(20)9-4-3-6-15-9)8-23(21,22)7-2-1-5-11(17)18/h9-10,15H,1-8H2,(H2,14,19)(H,16,20)(H,17,18)/t9-,10+/m1/s1. The van der Waals surface area contributed by atoms with E-state index >= 15 is 0 Å². The minimum atomic E-state index is -3.62. The van der Waals surface area contributed by atoms with Crippen LogP contribution in [0.2, 0.25) is 0 Å². The number of hydrogen-bond acceptors (Lipinski definition) is 6. The van der Waals surface area contributed by atoms with Gasteiger partial charge in [-0.1, -0.05) is 0 Å². The number of nitrogens with two attached hydrogens (primary N) is 1. The van der Waals surface area contributed by atoms with Crippen molar-refractivity contribution in [3.05, 3.63) is 0 Å². The lowest BCUT2D eigenvalue weighted by Gasteiger charge is -2.18. The van der Waals surface area contributed by atoms with Crippen molar-refractivity contribution in [1.29, 1.82) is 0 Å². The lowest BCUT2D eigenvalue weighted by atomic mass is 10.2. The largest absolute Gasteiger partial charge is 0.481 e. The van der Waals surface area contributed by atoms with Crippen LogP contribution >= 0.6 is 0 Å². The van der Waals surface area contributed by atoms with Crippen LogP contribution in [0.5, 0.6) is 0 Å². The molecule has 1 aliphatic rings. The zero-order chi connectivity index (χ0) is 17.5. The third-order valence-electron chi connectivity index (χ3n) is 3.55. The Morgan fingerprint density at radius 3 is 2.52 bits per heavy atom. The second-order valence-electron chi connectivity index (χ2n) is 5.58. The Morgan fingerprint density at radius 2 is 2.00 bits per heavy atom. The topological polar surface area (TPSA) is 156 Å². The number of hydrogen-bond donors (Lipinski definition) is 4. The van der Waals surface area contributed by atoms with Crippen LogP contribution in [-0.2, 0) is 24.2 Å². The molecule has 132 valence electrons. The molecule has 0 aromatic rings. The van der Waals surface area contributed by atoms with Gasteiger partial charge in [0.1, 0.15) is 6.04 Å². The predicted octanol–water partition coefficient (Wildman–Crippen LogP) is -1.62. The molecule has 0 radical (unpaired) electrons. The highest BCUT2D eigenvalue weighted by Gasteiger charge is 2.29. The van der Waals surface area contributed by atoms with Crippen LogP contribution in [0, 0.1) is 0 Å².